The van der Waals surface area contributed by atoms with Crippen LogP contribution in [0.15, 0.2) is 53.2 Å². The summed E-state index contributed by atoms with van der Waals surface area (Å²) < 4.78 is 10.1. The number of ether oxygens (including phenoxy) is 1. The number of carbonyl (C=O) groups excluding carboxylic acids is 2. The van der Waals surface area contributed by atoms with Gasteiger partial charge < -0.3 is 15.2 Å². The van der Waals surface area contributed by atoms with Crippen molar-refractivity contribution in [2.75, 3.05) is 11.9 Å². The third-order valence-electron chi connectivity index (χ3n) is 6.17. The summed E-state index contributed by atoms with van der Waals surface area (Å²) in [5.41, 5.74) is 4.12. The number of anilines is 1. The summed E-state index contributed by atoms with van der Waals surface area (Å²) >= 11 is 0. The molecule has 2 aromatic carbocycles. The molecule has 10 nitrogen and oxygen atoms in total. The number of benzene rings is 2. The molecule has 0 saturated heterocycles. The van der Waals surface area contributed by atoms with Crippen molar-refractivity contribution in [3.63, 3.8) is 0 Å². The number of carboxylic acids is 1. The van der Waals surface area contributed by atoms with Crippen molar-refractivity contribution in [2.45, 2.75) is 31.2 Å². The van der Waals surface area contributed by atoms with Crippen molar-refractivity contribution in [3.05, 3.63) is 65.4 Å². The first-order valence-corrected chi connectivity index (χ1v) is 11.0. The molecule has 10 heteroatoms. The Balaban J connectivity index is 1.23. The van der Waals surface area contributed by atoms with E-state index in [1.807, 2.05) is 48.5 Å². The minimum absolute atomic E-state index is 0.0923. The number of carboxylic acid groups (broad SMARTS) is 1. The van der Waals surface area contributed by atoms with Gasteiger partial charge in [0, 0.05) is 12.0 Å². The molecule has 0 aliphatic heterocycles. The Kier molecular flexibility index (Phi) is 5.70. The predicted molar refractivity (Wildman–Crippen MR) is 119 cm³/mol. The second-order valence-electron chi connectivity index (χ2n) is 8.43. The van der Waals surface area contributed by atoms with Gasteiger partial charge in [0.25, 0.3) is 5.91 Å². The quantitative estimate of drug-likeness (QED) is 0.462. The summed E-state index contributed by atoms with van der Waals surface area (Å²) in [5.74, 6) is -1.88. The zero-order valence-electron chi connectivity index (χ0n) is 18.1. The third-order valence-corrected chi connectivity index (χ3v) is 6.17. The number of nitrogens with zero attached hydrogens (tertiary/aromatic N) is 2. The number of amides is 2. The van der Waals surface area contributed by atoms with Gasteiger partial charge in [0.2, 0.25) is 11.5 Å². The molecule has 1 heterocycles. The van der Waals surface area contributed by atoms with Gasteiger partial charge in [0.1, 0.15) is 6.61 Å². The molecule has 3 N–H and O–H groups in total. The molecule has 1 saturated carbocycles. The second-order valence-corrected chi connectivity index (χ2v) is 8.43. The first kappa shape index (κ1) is 21.6. The van der Waals surface area contributed by atoms with Crippen LogP contribution in [0, 0.1) is 5.92 Å². The number of hydrogen-bond donors (Lipinski definition) is 3. The molecule has 1 atom stereocenters. The zero-order valence-corrected chi connectivity index (χ0v) is 18.1. The normalized spacial score (nSPS) is 15.2. The van der Waals surface area contributed by atoms with E-state index in [4.69, 9.17) is 9.84 Å². The standard InChI is InChI=1S/C24H22N4O6/c29-20(30)11-19(13-9-10-13)25-23(31)21-22(28-34-27-21)26-24(32)33-12-18-16-7-3-1-5-14(16)15-6-2-4-8-17(15)18/h1-8,13,18-19H,9-12H2,(H,25,31)(H,29,30)(H,26,28,32). The van der Waals surface area contributed by atoms with Crippen molar-refractivity contribution >= 4 is 23.8 Å². The highest BCUT2D eigenvalue weighted by molar-refractivity contribution is 5.99. The Morgan fingerprint density at radius 3 is 2.29 bits per heavy atom. The van der Waals surface area contributed by atoms with E-state index in [2.05, 4.69) is 25.6 Å². The maximum Gasteiger partial charge on any atom is 0.412 e. The highest BCUT2D eigenvalue weighted by Gasteiger charge is 2.35. The van der Waals surface area contributed by atoms with Crippen LogP contribution >= 0.6 is 0 Å². The monoisotopic (exact) mass is 462 g/mol. The Morgan fingerprint density at radius 1 is 1.03 bits per heavy atom. The largest absolute Gasteiger partial charge is 0.481 e. The lowest BCUT2D eigenvalue weighted by molar-refractivity contribution is -0.137. The van der Waals surface area contributed by atoms with Crippen LogP contribution in [0.25, 0.3) is 11.1 Å². The van der Waals surface area contributed by atoms with Gasteiger partial charge >= 0.3 is 12.1 Å². The van der Waals surface area contributed by atoms with Crippen LogP contribution in [0.4, 0.5) is 10.6 Å². The molecule has 1 unspecified atom stereocenters. The molecule has 1 fully saturated rings. The molecule has 0 spiro atoms. The maximum absolute atomic E-state index is 12.6. The van der Waals surface area contributed by atoms with Crippen molar-refractivity contribution < 1.29 is 28.9 Å². The van der Waals surface area contributed by atoms with Crippen molar-refractivity contribution in [1.82, 2.24) is 15.6 Å². The van der Waals surface area contributed by atoms with E-state index in [0.29, 0.717) is 0 Å². The van der Waals surface area contributed by atoms with Crippen LogP contribution in [0.5, 0.6) is 0 Å². The van der Waals surface area contributed by atoms with Gasteiger partial charge in [0.05, 0.1) is 6.42 Å². The molecule has 174 valence electrons. The number of nitrogens with one attached hydrogen (secondary N) is 2. The van der Waals surface area contributed by atoms with E-state index in [1.165, 1.54) is 0 Å². The Bertz CT molecular complexity index is 1210. The van der Waals surface area contributed by atoms with Crippen molar-refractivity contribution in [3.8, 4) is 11.1 Å². The number of rotatable bonds is 8. The third kappa shape index (κ3) is 4.34. The zero-order chi connectivity index (χ0) is 23.7. The minimum atomic E-state index is -1.01. The molecule has 5 rings (SSSR count). The molecular weight excluding hydrogens is 440 g/mol. The smallest absolute Gasteiger partial charge is 0.412 e. The first-order chi connectivity index (χ1) is 16.5. The number of carbonyl (C=O) groups is 3. The molecule has 3 aromatic rings. The molecule has 0 bridgehead atoms. The van der Waals surface area contributed by atoms with Crippen LogP contribution in [0.3, 0.4) is 0 Å². The van der Waals surface area contributed by atoms with Crippen LogP contribution in [-0.2, 0) is 9.53 Å². The molecule has 34 heavy (non-hydrogen) atoms. The Morgan fingerprint density at radius 2 is 1.68 bits per heavy atom. The second kappa shape index (κ2) is 8.97. The predicted octanol–water partition coefficient (Wildman–Crippen LogP) is 3.41. The van der Waals surface area contributed by atoms with Crippen molar-refractivity contribution in [2.24, 2.45) is 5.92 Å². The van der Waals surface area contributed by atoms with E-state index in [0.717, 1.165) is 35.1 Å². The van der Waals surface area contributed by atoms with Gasteiger partial charge in [-0.05, 0) is 51.3 Å². The van der Waals surface area contributed by atoms with E-state index in [9.17, 15) is 14.4 Å². The van der Waals surface area contributed by atoms with Gasteiger partial charge in [-0.15, -0.1) is 0 Å². The lowest BCUT2D eigenvalue weighted by atomic mass is 9.98. The number of fused-ring (bicyclic) bond motifs is 3. The first-order valence-electron chi connectivity index (χ1n) is 11.0. The van der Waals surface area contributed by atoms with E-state index in [-0.39, 0.29) is 36.4 Å². The van der Waals surface area contributed by atoms with Crippen LogP contribution in [0.2, 0.25) is 0 Å². The number of hydrogen-bond acceptors (Lipinski definition) is 7. The van der Waals surface area contributed by atoms with Crippen molar-refractivity contribution in [1.29, 1.82) is 0 Å². The summed E-state index contributed by atoms with van der Waals surface area (Å²) in [5, 5.41) is 21.3. The summed E-state index contributed by atoms with van der Waals surface area (Å²) in [6.07, 6.45) is 0.688. The van der Waals surface area contributed by atoms with Crippen LogP contribution in [0.1, 0.15) is 46.8 Å². The topological polar surface area (TPSA) is 144 Å². The fraction of sp³-hybridized carbons (Fsp3) is 0.292. The fourth-order valence-electron chi connectivity index (χ4n) is 4.41. The maximum atomic E-state index is 12.6. The molecule has 2 amide bonds. The van der Waals surface area contributed by atoms with Crippen LogP contribution in [-0.4, -0.2) is 46.0 Å². The van der Waals surface area contributed by atoms with Gasteiger partial charge in [-0.1, -0.05) is 48.5 Å². The molecule has 1 aromatic heterocycles. The van der Waals surface area contributed by atoms with Gasteiger partial charge in [0.15, 0.2) is 0 Å². The highest BCUT2D eigenvalue weighted by Crippen LogP contribution is 2.44. The SMILES string of the molecule is O=C(O)CC(NC(=O)c1nonc1NC(=O)OCC1c2ccccc2-c2ccccc21)C1CC1. The molecule has 0 radical (unpaired) electrons. The molecule has 2 aliphatic rings. The summed E-state index contributed by atoms with van der Waals surface area (Å²) in [6, 6.07) is 15.4. The van der Waals surface area contributed by atoms with E-state index in [1.54, 1.807) is 0 Å². The van der Waals surface area contributed by atoms with Gasteiger partial charge in [-0.2, -0.15) is 0 Å². The van der Waals surface area contributed by atoms with Crippen LogP contribution < -0.4 is 10.6 Å². The number of aromatic nitrogens is 2. The van der Waals surface area contributed by atoms with Gasteiger partial charge in [-0.3, -0.25) is 14.9 Å². The lowest BCUT2D eigenvalue weighted by Gasteiger charge is -2.15. The molecule has 2 aliphatic carbocycles. The summed E-state index contributed by atoms with van der Waals surface area (Å²) in [6.45, 7) is 0.0923. The molecular formula is C24H22N4O6. The summed E-state index contributed by atoms with van der Waals surface area (Å²) in [4.78, 5) is 36.2. The fourth-order valence-corrected chi connectivity index (χ4v) is 4.41. The van der Waals surface area contributed by atoms with Gasteiger partial charge in [-0.25, -0.2) is 9.42 Å². The van der Waals surface area contributed by atoms with E-state index >= 15 is 0 Å². The highest BCUT2D eigenvalue weighted by atomic mass is 16.6. The Labute approximate surface area is 194 Å². The Hall–Kier alpha value is -4.21. The summed E-state index contributed by atoms with van der Waals surface area (Å²) in [7, 11) is 0. The number of aliphatic carboxylic acids is 1. The average molecular weight is 462 g/mol. The van der Waals surface area contributed by atoms with E-state index < -0.39 is 24.0 Å². The lowest BCUT2D eigenvalue weighted by Crippen LogP contribution is -2.38. The average Bonchev–Trinajstić information content (AvgIpc) is 3.49. The minimum Gasteiger partial charge on any atom is -0.481 e.